The van der Waals surface area contributed by atoms with Gasteiger partial charge in [0.25, 0.3) is 0 Å². The number of nitriles is 1. The molecule has 0 spiro atoms. The quantitative estimate of drug-likeness (QED) is 0.670. The lowest BCUT2D eigenvalue weighted by atomic mass is 9.50. The first-order valence-corrected chi connectivity index (χ1v) is 9.32. The van der Waals surface area contributed by atoms with Crippen molar-refractivity contribution in [3.05, 3.63) is 34.4 Å². The van der Waals surface area contributed by atoms with Crippen molar-refractivity contribution in [2.24, 2.45) is 11.3 Å². The highest BCUT2D eigenvalue weighted by atomic mass is 16.1. The molecule has 0 unspecified atom stereocenters. The third kappa shape index (κ3) is 2.41. The van der Waals surface area contributed by atoms with E-state index in [9.17, 15) is 10.1 Å². The molecule has 2 nitrogen and oxygen atoms in total. The Bertz CT molecular complexity index is 726. The van der Waals surface area contributed by atoms with Crippen LogP contribution < -0.4 is 0 Å². The number of rotatable bonds is 2. The summed E-state index contributed by atoms with van der Waals surface area (Å²) in [5.41, 5.74) is 4.60. The second kappa shape index (κ2) is 5.73. The average Bonchev–Trinajstić information content (AvgIpc) is 2.53. The third-order valence-electron chi connectivity index (χ3n) is 6.78. The van der Waals surface area contributed by atoms with E-state index < -0.39 is 0 Å². The Kier molecular flexibility index (Phi) is 4.11. The summed E-state index contributed by atoms with van der Waals surface area (Å²) in [7, 11) is 0. The first-order chi connectivity index (χ1) is 11.2. The summed E-state index contributed by atoms with van der Waals surface area (Å²) in [5, 5.41) is 9.81. The molecule has 0 radical (unpaired) electrons. The molecular formula is C22H29NO. The van der Waals surface area contributed by atoms with Crippen molar-refractivity contribution in [1.82, 2.24) is 0 Å². The molecule has 0 amide bonds. The normalized spacial score (nSPS) is 32.0. The predicted molar refractivity (Wildman–Crippen MR) is 97.3 cm³/mol. The Labute approximate surface area is 146 Å². The van der Waals surface area contributed by atoms with Crippen LogP contribution in [0.4, 0.5) is 0 Å². The van der Waals surface area contributed by atoms with Gasteiger partial charge in [-0.05, 0) is 79.5 Å². The van der Waals surface area contributed by atoms with Crippen molar-refractivity contribution in [2.75, 3.05) is 0 Å². The number of Topliss-reactive ketones (excluding diaryl/α,β-unsaturated/α-hetero) is 1. The summed E-state index contributed by atoms with van der Waals surface area (Å²) in [6.07, 6.45) is 5.34. The largest absolute Gasteiger partial charge is 0.295 e. The highest BCUT2D eigenvalue weighted by molar-refractivity contribution is 5.96. The molecule has 0 heterocycles. The molecule has 0 saturated heterocycles. The summed E-state index contributed by atoms with van der Waals surface area (Å²) < 4.78 is 0. The molecule has 0 N–H and O–H groups in total. The fraction of sp³-hybridized carbons (Fsp3) is 0.636. The van der Waals surface area contributed by atoms with Gasteiger partial charge in [-0.1, -0.05) is 33.3 Å². The lowest BCUT2D eigenvalue weighted by Gasteiger charge is -2.53. The van der Waals surface area contributed by atoms with E-state index in [-0.39, 0.29) is 16.6 Å². The summed E-state index contributed by atoms with van der Waals surface area (Å²) in [6.45, 7) is 10.5. The van der Waals surface area contributed by atoms with Crippen LogP contribution in [0.25, 0.3) is 0 Å². The highest BCUT2D eigenvalue weighted by Gasteiger charge is 2.52. The second-order valence-electron chi connectivity index (χ2n) is 8.70. The average molecular weight is 323 g/mol. The van der Waals surface area contributed by atoms with Crippen molar-refractivity contribution >= 4 is 5.78 Å². The minimum atomic E-state index is -0.238. The molecule has 2 aliphatic carbocycles. The number of hydrogen-bond acceptors (Lipinski definition) is 2. The zero-order valence-electron chi connectivity index (χ0n) is 15.7. The van der Waals surface area contributed by atoms with Crippen LogP contribution in [0.2, 0.25) is 0 Å². The molecule has 24 heavy (non-hydrogen) atoms. The predicted octanol–water partition coefficient (Wildman–Crippen LogP) is 5.55. The minimum Gasteiger partial charge on any atom is -0.295 e. The number of aryl methyl sites for hydroxylation is 1. The van der Waals surface area contributed by atoms with Crippen LogP contribution in [0.5, 0.6) is 0 Å². The number of nitrogens with zero attached hydrogens (tertiary/aromatic N) is 1. The fourth-order valence-corrected chi connectivity index (χ4v) is 5.45. The van der Waals surface area contributed by atoms with Gasteiger partial charge in [0.15, 0.2) is 5.78 Å². The summed E-state index contributed by atoms with van der Waals surface area (Å²) in [5.74, 6) is 0.905. The fourth-order valence-electron chi connectivity index (χ4n) is 5.45. The molecule has 1 fully saturated rings. The second-order valence-corrected chi connectivity index (χ2v) is 8.70. The van der Waals surface area contributed by atoms with Gasteiger partial charge in [0.2, 0.25) is 0 Å². The molecule has 1 aromatic rings. The molecule has 2 heteroatoms. The van der Waals surface area contributed by atoms with Gasteiger partial charge in [-0.2, -0.15) is 5.26 Å². The number of hydrogen-bond donors (Lipinski definition) is 0. The maximum Gasteiger partial charge on any atom is 0.160 e. The maximum absolute atomic E-state index is 12.3. The summed E-state index contributed by atoms with van der Waals surface area (Å²) in [4.78, 5) is 12.3. The standard InChI is InChI=1S/C22H29NO/c1-14(2)17-11-16-7-8-20-21(4,13-23)9-6-10-22(20,5)19(16)12-18(17)15(3)24/h11-12,14,20H,6-10H2,1-5H3/t20-,21+,22-/m0/s1. The zero-order valence-corrected chi connectivity index (χ0v) is 15.7. The van der Waals surface area contributed by atoms with Crippen molar-refractivity contribution in [1.29, 1.82) is 5.26 Å². The topological polar surface area (TPSA) is 40.9 Å². The Morgan fingerprint density at radius 2 is 2.00 bits per heavy atom. The van der Waals surface area contributed by atoms with E-state index in [1.807, 2.05) is 0 Å². The summed E-state index contributed by atoms with van der Waals surface area (Å²) >= 11 is 0. The van der Waals surface area contributed by atoms with Crippen molar-refractivity contribution in [3.8, 4) is 6.07 Å². The Morgan fingerprint density at radius 1 is 1.29 bits per heavy atom. The van der Waals surface area contributed by atoms with Gasteiger partial charge in [0.05, 0.1) is 11.5 Å². The Morgan fingerprint density at radius 3 is 2.58 bits per heavy atom. The van der Waals surface area contributed by atoms with Crippen LogP contribution in [-0.4, -0.2) is 5.78 Å². The number of ketones is 1. The van der Waals surface area contributed by atoms with Gasteiger partial charge in [0, 0.05) is 5.56 Å². The van der Waals surface area contributed by atoms with Crippen molar-refractivity contribution in [3.63, 3.8) is 0 Å². The van der Waals surface area contributed by atoms with Crippen molar-refractivity contribution < 1.29 is 4.79 Å². The first kappa shape index (κ1) is 17.2. The number of benzene rings is 1. The van der Waals surface area contributed by atoms with E-state index in [4.69, 9.17) is 0 Å². The third-order valence-corrected chi connectivity index (χ3v) is 6.78. The smallest absolute Gasteiger partial charge is 0.160 e. The van der Waals surface area contributed by atoms with E-state index >= 15 is 0 Å². The van der Waals surface area contributed by atoms with E-state index in [1.165, 1.54) is 16.7 Å². The minimum absolute atomic E-state index is 0.0238. The van der Waals surface area contributed by atoms with Crippen molar-refractivity contribution in [2.45, 2.75) is 78.1 Å². The van der Waals surface area contributed by atoms with Crippen LogP contribution in [0.15, 0.2) is 12.1 Å². The molecule has 1 saturated carbocycles. The maximum atomic E-state index is 12.3. The number of fused-ring (bicyclic) bond motifs is 3. The van der Waals surface area contributed by atoms with Gasteiger partial charge < -0.3 is 0 Å². The Balaban J connectivity index is 2.19. The lowest BCUT2D eigenvalue weighted by molar-refractivity contribution is 0.0687. The molecule has 1 aromatic carbocycles. The van der Waals surface area contributed by atoms with Gasteiger partial charge in [-0.25, -0.2) is 0 Å². The molecule has 3 rings (SSSR count). The number of carbonyl (C=O) groups excluding carboxylic acids is 1. The van der Waals surface area contributed by atoms with Gasteiger partial charge >= 0.3 is 0 Å². The molecule has 2 aliphatic rings. The van der Waals surface area contributed by atoms with Gasteiger partial charge in [-0.3, -0.25) is 4.79 Å². The monoisotopic (exact) mass is 323 g/mol. The van der Waals surface area contributed by atoms with Crippen LogP contribution >= 0.6 is 0 Å². The van der Waals surface area contributed by atoms with Gasteiger partial charge in [-0.15, -0.1) is 0 Å². The Hall–Kier alpha value is -1.62. The molecular weight excluding hydrogens is 294 g/mol. The molecule has 0 aliphatic heterocycles. The highest BCUT2D eigenvalue weighted by Crippen LogP contribution is 2.57. The lowest BCUT2D eigenvalue weighted by Crippen LogP contribution is -2.48. The van der Waals surface area contributed by atoms with Crippen LogP contribution in [0, 0.1) is 22.7 Å². The zero-order chi connectivity index (χ0) is 17.7. The summed E-state index contributed by atoms with van der Waals surface area (Å²) in [6, 6.07) is 7.11. The van der Waals surface area contributed by atoms with E-state index in [0.717, 1.165) is 37.7 Å². The first-order valence-electron chi connectivity index (χ1n) is 9.32. The molecule has 0 aromatic heterocycles. The van der Waals surface area contributed by atoms with Crippen LogP contribution in [0.3, 0.4) is 0 Å². The van der Waals surface area contributed by atoms with Crippen LogP contribution in [-0.2, 0) is 11.8 Å². The molecule has 128 valence electrons. The van der Waals surface area contributed by atoms with Gasteiger partial charge in [0.1, 0.15) is 0 Å². The molecule has 0 bridgehead atoms. The van der Waals surface area contributed by atoms with Crippen LogP contribution in [0.1, 0.15) is 93.3 Å². The van der Waals surface area contributed by atoms with E-state index in [2.05, 4.69) is 45.9 Å². The number of carbonyl (C=O) groups is 1. The molecule has 3 atom stereocenters. The SMILES string of the molecule is CC(=O)c1cc2c(cc1C(C)C)CC[C@H]1[C@@](C)(C#N)CCC[C@@]21C. The van der Waals surface area contributed by atoms with E-state index in [1.54, 1.807) is 6.92 Å². The van der Waals surface area contributed by atoms with E-state index in [0.29, 0.717) is 11.8 Å².